The maximum atomic E-state index is 4.19. The molecule has 0 heterocycles. The molecule has 0 aromatic carbocycles. The van der Waals surface area contributed by atoms with E-state index in [0.717, 1.165) is 18.4 Å². The third kappa shape index (κ3) is 5.92. The summed E-state index contributed by atoms with van der Waals surface area (Å²) in [5, 5.41) is 3.37. The summed E-state index contributed by atoms with van der Waals surface area (Å²) < 4.78 is 0. The molecule has 0 unspecified atom stereocenters. The number of hydrogen-bond donors (Lipinski definition) is 1. The van der Waals surface area contributed by atoms with Gasteiger partial charge >= 0.3 is 0 Å². The molecule has 0 aromatic heterocycles. The smallest absolute Gasteiger partial charge is 0.193 e. The highest BCUT2D eigenvalue weighted by atomic mass is 127. The predicted molar refractivity (Wildman–Crippen MR) is 81.7 cm³/mol. The molecule has 0 atom stereocenters. The fourth-order valence-corrected chi connectivity index (χ4v) is 2.33. The molecule has 0 amide bonds. The molecule has 1 N–H and O–H groups in total. The number of nitrogens with one attached hydrogen (secondary N) is 1. The summed E-state index contributed by atoms with van der Waals surface area (Å²) in [7, 11) is 5.87. The molecule has 96 valence electrons. The van der Waals surface area contributed by atoms with E-state index in [2.05, 4.69) is 10.3 Å². The first kappa shape index (κ1) is 16.0. The summed E-state index contributed by atoms with van der Waals surface area (Å²) in [6, 6.07) is 0. The minimum absolute atomic E-state index is 0. The van der Waals surface area contributed by atoms with Crippen molar-refractivity contribution in [3.05, 3.63) is 0 Å². The Morgan fingerprint density at radius 1 is 1.31 bits per heavy atom. The maximum Gasteiger partial charge on any atom is 0.193 e. The quantitative estimate of drug-likeness (QED) is 0.369. The highest BCUT2D eigenvalue weighted by Crippen LogP contribution is 2.28. The Bertz CT molecular complexity index is 198. The lowest BCUT2D eigenvalue weighted by atomic mass is 10.0. The van der Waals surface area contributed by atoms with Crippen LogP contribution in [-0.4, -0.2) is 38.5 Å². The van der Waals surface area contributed by atoms with Gasteiger partial charge in [0.1, 0.15) is 0 Å². The largest absolute Gasteiger partial charge is 0.356 e. The van der Waals surface area contributed by atoms with Gasteiger partial charge in [-0.15, -0.1) is 24.0 Å². The van der Waals surface area contributed by atoms with Crippen molar-refractivity contribution in [2.45, 2.75) is 38.5 Å². The number of nitrogens with zero attached hydrogens (tertiary/aromatic N) is 2. The zero-order chi connectivity index (χ0) is 11.1. The van der Waals surface area contributed by atoms with E-state index in [1.54, 1.807) is 0 Å². The summed E-state index contributed by atoms with van der Waals surface area (Å²) in [5.74, 6) is 1.99. The van der Waals surface area contributed by atoms with Crippen LogP contribution in [0.1, 0.15) is 38.5 Å². The van der Waals surface area contributed by atoms with Crippen molar-refractivity contribution in [2.75, 3.05) is 27.7 Å². The van der Waals surface area contributed by atoms with Crippen LogP contribution in [0.15, 0.2) is 4.99 Å². The van der Waals surface area contributed by atoms with Crippen LogP contribution < -0.4 is 5.32 Å². The Balaban J connectivity index is 0.00000225. The van der Waals surface area contributed by atoms with Gasteiger partial charge in [0.25, 0.3) is 0 Å². The van der Waals surface area contributed by atoms with Crippen molar-refractivity contribution in [2.24, 2.45) is 10.9 Å². The highest BCUT2D eigenvalue weighted by Gasteiger charge is 2.13. The third-order valence-electron chi connectivity index (χ3n) is 3.18. The SMILES string of the molecule is CN=C(NCCCC1CCCC1)N(C)C.I. The molecule has 1 aliphatic carbocycles. The van der Waals surface area contributed by atoms with Crippen LogP contribution in [-0.2, 0) is 0 Å². The molecule has 1 aliphatic rings. The molecule has 0 radical (unpaired) electrons. The van der Waals surface area contributed by atoms with E-state index in [9.17, 15) is 0 Å². The van der Waals surface area contributed by atoms with Crippen molar-refractivity contribution >= 4 is 29.9 Å². The number of guanidine groups is 1. The summed E-state index contributed by atoms with van der Waals surface area (Å²) in [6.07, 6.45) is 8.49. The molecule has 1 saturated carbocycles. The second-order valence-electron chi connectivity index (χ2n) is 4.66. The van der Waals surface area contributed by atoms with E-state index >= 15 is 0 Å². The lowest BCUT2D eigenvalue weighted by molar-refractivity contribution is 0.477. The Labute approximate surface area is 117 Å². The molecule has 1 rings (SSSR count). The maximum absolute atomic E-state index is 4.19. The number of rotatable bonds is 4. The molecular weight excluding hydrogens is 313 g/mol. The van der Waals surface area contributed by atoms with Gasteiger partial charge in [0.15, 0.2) is 5.96 Å². The minimum atomic E-state index is 0. The van der Waals surface area contributed by atoms with Crippen LogP contribution in [0.25, 0.3) is 0 Å². The monoisotopic (exact) mass is 339 g/mol. The molecule has 3 nitrogen and oxygen atoms in total. The van der Waals surface area contributed by atoms with Crippen LogP contribution in [0.2, 0.25) is 0 Å². The van der Waals surface area contributed by atoms with Crippen LogP contribution in [0.4, 0.5) is 0 Å². The van der Waals surface area contributed by atoms with Crippen molar-refractivity contribution in [1.29, 1.82) is 0 Å². The average Bonchev–Trinajstić information content (AvgIpc) is 2.70. The van der Waals surface area contributed by atoms with E-state index in [0.29, 0.717) is 0 Å². The fourth-order valence-electron chi connectivity index (χ4n) is 2.33. The highest BCUT2D eigenvalue weighted by molar-refractivity contribution is 14.0. The second kappa shape index (κ2) is 9.07. The topological polar surface area (TPSA) is 27.6 Å². The number of aliphatic imine (C=N–C) groups is 1. The Morgan fingerprint density at radius 3 is 2.44 bits per heavy atom. The first-order valence-corrected chi connectivity index (χ1v) is 6.12. The predicted octanol–water partition coefficient (Wildman–Crippen LogP) is 2.71. The van der Waals surface area contributed by atoms with Gasteiger partial charge in [0.05, 0.1) is 0 Å². The minimum Gasteiger partial charge on any atom is -0.356 e. The van der Waals surface area contributed by atoms with Gasteiger partial charge in [0, 0.05) is 27.7 Å². The van der Waals surface area contributed by atoms with E-state index in [1.807, 2.05) is 26.0 Å². The van der Waals surface area contributed by atoms with Gasteiger partial charge in [0.2, 0.25) is 0 Å². The lowest BCUT2D eigenvalue weighted by Crippen LogP contribution is -2.36. The van der Waals surface area contributed by atoms with Gasteiger partial charge in [-0.3, -0.25) is 4.99 Å². The van der Waals surface area contributed by atoms with Gasteiger partial charge < -0.3 is 10.2 Å². The van der Waals surface area contributed by atoms with Crippen molar-refractivity contribution in [3.8, 4) is 0 Å². The Morgan fingerprint density at radius 2 is 1.94 bits per heavy atom. The molecule has 0 saturated heterocycles. The molecule has 1 fully saturated rings. The summed E-state index contributed by atoms with van der Waals surface area (Å²) >= 11 is 0. The van der Waals surface area contributed by atoms with Crippen LogP contribution in [0.5, 0.6) is 0 Å². The molecule has 0 aromatic rings. The van der Waals surface area contributed by atoms with Gasteiger partial charge in [-0.2, -0.15) is 0 Å². The Hall–Kier alpha value is 0. The van der Waals surface area contributed by atoms with Crippen molar-refractivity contribution in [3.63, 3.8) is 0 Å². The normalized spacial score (nSPS) is 17.1. The van der Waals surface area contributed by atoms with E-state index in [-0.39, 0.29) is 24.0 Å². The number of hydrogen-bond acceptors (Lipinski definition) is 1. The molecule has 16 heavy (non-hydrogen) atoms. The molecule has 4 heteroatoms. The van der Waals surface area contributed by atoms with Crippen molar-refractivity contribution in [1.82, 2.24) is 10.2 Å². The van der Waals surface area contributed by atoms with Crippen molar-refractivity contribution < 1.29 is 0 Å². The molecule has 0 aliphatic heterocycles. The number of halogens is 1. The van der Waals surface area contributed by atoms with Crippen LogP contribution >= 0.6 is 24.0 Å². The summed E-state index contributed by atoms with van der Waals surface area (Å²) in [6.45, 7) is 1.06. The van der Waals surface area contributed by atoms with E-state index in [1.165, 1.54) is 38.5 Å². The first-order chi connectivity index (χ1) is 7.24. The van der Waals surface area contributed by atoms with E-state index < -0.39 is 0 Å². The standard InChI is InChI=1S/C12H25N3.HI/c1-13-12(15(2)3)14-10-6-9-11-7-4-5-8-11;/h11H,4-10H2,1-3H3,(H,13,14);1H. The van der Waals surface area contributed by atoms with Crippen LogP contribution in [0.3, 0.4) is 0 Å². The zero-order valence-electron chi connectivity index (χ0n) is 10.8. The first-order valence-electron chi connectivity index (χ1n) is 6.12. The van der Waals surface area contributed by atoms with E-state index in [4.69, 9.17) is 0 Å². The Kier molecular flexibility index (Phi) is 9.07. The van der Waals surface area contributed by atoms with Gasteiger partial charge in [-0.25, -0.2) is 0 Å². The molecule has 0 bridgehead atoms. The zero-order valence-corrected chi connectivity index (χ0v) is 13.2. The van der Waals surface area contributed by atoms with Gasteiger partial charge in [-0.05, 0) is 18.8 Å². The molecular formula is C12H26IN3. The molecule has 0 spiro atoms. The van der Waals surface area contributed by atoms with Crippen LogP contribution in [0, 0.1) is 5.92 Å². The average molecular weight is 339 g/mol. The lowest BCUT2D eigenvalue weighted by Gasteiger charge is -2.17. The fraction of sp³-hybridized carbons (Fsp3) is 0.917. The summed E-state index contributed by atoms with van der Waals surface area (Å²) in [4.78, 5) is 6.21. The third-order valence-corrected chi connectivity index (χ3v) is 3.18. The summed E-state index contributed by atoms with van der Waals surface area (Å²) in [5.41, 5.74) is 0. The van der Waals surface area contributed by atoms with Gasteiger partial charge in [-0.1, -0.05) is 25.7 Å². The second-order valence-corrected chi connectivity index (χ2v) is 4.66.